The quantitative estimate of drug-likeness (QED) is 0.724. The van der Waals surface area contributed by atoms with Crippen LogP contribution in [-0.4, -0.2) is 67.4 Å². The van der Waals surface area contributed by atoms with Gasteiger partial charge in [-0.05, 0) is 68.2 Å². The Labute approximate surface area is 184 Å². The molecule has 3 fully saturated rings. The van der Waals surface area contributed by atoms with E-state index in [-0.39, 0.29) is 23.6 Å². The van der Waals surface area contributed by atoms with Gasteiger partial charge in [0.1, 0.15) is 5.75 Å². The molecular weight excluding hydrogens is 394 g/mol. The van der Waals surface area contributed by atoms with Gasteiger partial charge in [0.25, 0.3) is 5.91 Å². The van der Waals surface area contributed by atoms with Crippen LogP contribution in [-0.2, 0) is 9.59 Å². The number of nitrogens with one attached hydrogen (secondary N) is 1. The van der Waals surface area contributed by atoms with Gasteiger partial charge in [-0.3, -0.25) is 14.4 Å². The molecule has 7 heteroatoms. The van der Waals surface area contributed by atoms with Crippen LogP contribution in [0.4, 0.5) is 0 Å². The molecule has 2 heterocycles. The fourth-order valence-electron chi connectivity index (χ4n) is 4.64. The normalized spacial score (nSPS) is 22.0. The minimum absolute atomic E-state index is 0.0260. The lowest BCUT2D eigenvalue weighted by molar-refractivity contribution is -0.129. The van der Waals surface area contributed by atoms with Gasteiger partial charge >= 0.3 is 0 Å². The van der Waals surface area contributed by atoms with Crippen molar-refractivity contribution in [3.05, 3.63) is 29.3 Å². The summed E-state index contributed by atoms with van der Waals surface area (Å²) in [5, 5.41) is 3.01. The first kappa shape index (κ1) is 21.7. The molecule has 0 spiro atoms. The molecule has 3 amide bonds. The fourth-order valence-corrected chi connectivity index (χ4v) is 4.64. The van der Waals surface area contributed by atoms with Gasteiger partial charge in [-0.1, -0.05) is 0 Å². The lowest BCUT2D eigenvalue weighted by Crippen LogP contribution is -2.42. The second kappa shape index (κ2) is 9.28. The maximum absolute atomic E-state index is 12.9. The van der Waals surface area contributed by atoms with Gasteiger partial charge in [0, 0.05) is 44.7 Å². The van der Waals surface area contributed by atoms with Gasteiger partial charge in [-0.15, -0.1) is 0 Å². The zero-order chi connectivity index (χ0) is 22.0. The highest BCUT2D eigenvalue weighted by Crippen LogP contribution is 2.29. The molecule has 168 valence electrons. The first-order chi connectivity index (χ1) is 14.9. The molecular formula is C24H33N3O4. The first-order valence-electron chi connectivity index (χ1n) is 11.4. The number of nitrogens with zero attached hydrogens (tertiary/aromatic N) is 2. The van der Waals surface area contributed by atoms with E-state index in [1.807, 2.05) is 34.9 Å². The zero-order valence-electron chi connectivity index (χ0n) is 18.6. The summed E-state index contributed by atoms with van der Waals surface area (Å²) in [6.45, 7) is 5.29. The van der Waals surface area contributed by atoms with Crippen molar-refractivity contribution in [2.45, 2.75) is 39.0 Å². The monoisotopic (exact) mass is 427 g/mol. The molecule has 1 aromatic carbocycles. The maximum Gasteiger partial charge on any atom is 0.254 e. The number of likely N-dealkylation sites (tertiary alicyclic amines) is 2. The molecule has 1 unspecified atom stereocenters. The van der Waals surface area contributed by atoms with Crippen LogP contribution >= 0.6 is 0 Å². The van der Waals surface area contributed by atoms with E-state index in [1.165, 1.54) is 12.8 Å². The third-order valence-electron chi connectivity index (χ3n) is 6.89. The van der Waals surface area contributed by atoms with Gasteiger partial charge in [0.2, 0.25) is 11.8 Å². The standard InChI is InChI=1S/C24H33N3O4/c1-16-11-20(31-2)5-6-21(16)24(30)26-9-7-18(8-10-26)14-27-15-19(12-22(27)28)23(29)25-13-17-3-4-17/h5-6,11,17-19H,3-4,7-10,12-15H2,1-2H3,(H,25,29). The molecule has 7 nitrogen and oxygen atoms in total. The summed E-state index contributed by atoms with van der Waals surface area (Å²) in [4.78, 5) is 41.5. The van der Waals surface area contributed by atoms with Crippen LogP contribution in [0, 0.1) is 24.7 Å². The van der Waals surface area contributed by atoms with E-state index in [1.54, 1.807) is 7.11 Å². The summed E-state index contributed by atoms with van der Waals surface area (Å²) in [5.74, 6) is 1.72. The number of carbonyl (C=O) groups is 3. The van der Waals surface area contributed by atoms with Crippen LogP contribution in [0.2, 0.25) is 0 Å². The average Bonchev–Trinajstić information content (AvgIpc) is 3.54. The summed E-state index contributed by atoms with van der Waals surface area (Å²) in [5.41, 5.74) is 1.63. The highest BCUT2D eigenvalue weighted by Gasteiger charge is 2.36. The predicted molar refractivity (Wildman–Crippen MR) is 117 cm³/mol. The number of hydrogen-bond donors (Lipinski definition) is 1. The Morgan fingerprint density at radius 1 is 1.13 bits per heavy atom. The lowest BCUT2D eigenvalue weighted by Gasteiger charge is -2.34. The minimum Gasteiger partial charge on any atom is -0.497 e. The van der Waals surface area contributed by atoms with Crippen LogP contribution in [0.5, 0.6) is 5.75 Å². The molecule has 0 bridgehead atoms. The molecule has 2 saturated heterocycles. The van der Waals surface area contributed by atoms with Gasteiger partial charge in [-0.2, -0.15) is 0 Å². The van der Waals surface area contributed by atoms with E-state index in [9.17, 15) is 14.4 Å². The van der Waals surface area contributed by atoms with Crippen LogP contribution in [0.15, 0.2) is 18.2 Å². The molecule has 1 aliphatic carbocycles. The predicted octanol–water partition coefficient (Wildman–Crippen LogP) is 2.23. The average molecular weight is 428 g/mol. The number of amides is 3. The Balaban J connectivity index is 1.25. The van der Waals surface area contributed by atoms with Gasteiger partial charge < -0.3 is 19.9 Å². The van der Waals surface area contributed by atoms with Crippen molar-refractivity contribution in [1.82, 2.24) is 15.1 Å². The molecule has 3 aliphatic rings. The summed E-state index contributed by atoms with van der Waals surface area (Å²) < 4.78 is 5.23. The van der Waals surface area contributed by atoms with Crippen molar-refractivity contribution in [1.29, 1.82) is 0 Å². The topological polar surface area (TPSA) is 79.0 Å². The molecule has 1 aromatic rings. The number of carbonyl (C=O) groups excluding carboxylic acids is 3. The summed E-state index contributed by atoms with van der Waals surface area (Å²) in [7, 11) is 1.62. The van der Waals surface area contributed by atoms with E-state index in [0.717, 1.165) is 30.7 Å². The van der Waals surface area contributed by atoms with Crippen molar-refractivity contribution in [3.63, 3.8) is 0 Å². The molecule has 2 aliphatic heterocycles. The number of hydrogen-bond acceptors (Lipinski definition) is 4. The Kier molecular flexibility index (Phi) is 6.49. The zero-order valence-corrected chi connectivity index (χ0v) is 18.6. The maximum atomic E-state index is 12.9. The van der Waals surface area contributed by atoms with Crippen molar-refractivity contribution in [2.75, 3.05) is 39.8 Å². The van der Waals surface area contributed by atoms with Gasteiger partial charge in [0.15, 0.2) is 0 Å². The highest BCUT2D eigenvalue weighted by atomic mass is 16.5. The second-order valence-electron chi connectivity index (χ2n) is 9.30. The largest absolute Gasteiger partial charge is 0.497 e. The van der Waals surface area contributed by atoms with E-state index >= 15 is 0 Å². The smallest absolute Gasteiger partial charge is 0.254 e. The summed E-state index contributed by atoms with van der Waals surface area (Å²) >= 11 is 0. The number of aryl methyl sites for hydroxylation is 1. The van der Waals surface area contributed by atoms with Crippen molar-refractivity contribution < 1.29 is 19.1 Å². The molecule has 4 rings (SSSR count). The molecule has 1 saturated carbocycles. The Morgan fingerprint density at radius 3 is 2.52 bits per heavy atom. The Bertz CT molecular complexity index is 843. The first-order valence-corrected chi connectivity index (χ1v) is 11.4. The lowest BCUT2D eigenvalue weighted by atomic mass is 9.95. The Morgan fingerprint density at radius 2 is 1.87 bits per heavy atom. The molecule has 1 atom stereocenters. The summed E-state index contributed by atoms with van der Waals surface area (Å²) in [6.07, 6.45) is 4.49. The van der Waals surface area contributed by atoms with Gasteiger partial charge in [-0.25, -0.2) is 0 Å². The third-order valence-corrected chi connectivity index (χ3v) is 6.89. The van der Waals surface area contributed by atoms with Crippen molar-refractivity contribution in [2.24, 2.45) is 17.8 Å². The number of piperidine rings is 1. The third kappa shape index (κ3) is 5.20. The molecule has 1 N–H and O–H groups in total. The van der Waals surface area contributed by atoms with Crippen molar-refractivity contribution >= 4 is 17.7 Å². The van der Waals surface area contributed by atoms with Crippen molar-refractivity contribution in [3.8, 4) is 5.75 Å². The number of benzene rings is 1. The fraction of sp³-hybridized carbons (Fsp3) is 0.625. The van der Waals surface area contributed by atoms with Gasteiger partial charge in [0.05, 0.1) is 13.0 Å². The number of ether oxygens (including phenoxy) is 1. The second-order valence-corrected chi connectivity index (χ2v) is 9.30. The van der Waals surface area contributed by atoms with E-state index in [0.29, 0.717) is 50.0 Å². The Hall–Kier alpha value is -2.57. The van der Waals surface area contributed by atoms with E-state index in [2.05, 4.69) is 5.32 Å². The molecule has 31 heavy (non-hydrogen) atoms. The molecule has 0 radical (unpaired) electrons. The van der Waals surface area contributed by atoms with Crippen LogP contribution < -0.4 is 10.1 Å². The van der Waals surface area contributed by atoms with Crippen LogP contribution in [0.25, 0.3) is 0 Å². The SMILES string of the molecule is COc1ccc(C(=O)N2CCC(CN3CC(C(=O)NCC4CC4)CC3=O)CC2)c(C)c1. The number of methoxy groups -OCH3 is 1. The minimum atomic E-state index is -0.217. The van der Waals surface area contributed by atoms with E-state index < -0.39 is 0 Å². The van der Waals surface area contributed by atoms with E-state index in [4.69, 9.17) is 4.74 Å². The highest BCUT2D eigenvalue weighted by molar-refractivity contribution is 5.96. The van der Waals surface area contributed by atoms with Crippen LogP contribution in [0.1, 0.15) is 48.0 Å². The summed E-state index contributed by atoms with van der Waals surface area (Å²) in [6, 6.07) is 5.54. The molecule has 0 aromatic heterocycles. The number of rotatable bonds is 7. The van der Waals surface area contributed by atoms with Crippen LogP contribution in [0.3, 0.4) is 0 Å².